The van der Waals surface area contributed by atoms with E-state index in [4.69, 9.17) is 4.74 Å². The van der Waals surface area contributed by atoms with Crippen LogP contribution < -0.4 is 0 Å². The predicted octanol–water partition coefficient (Wildman–Crippen LogP) is 2.83. The fourth-order valence-electron chi connectivity index (χ4n) is 1.66. The molecule has 1 rings (SSSR count). The summed E-state index contributed by atoms with van der Waals surface area (Å²) >= 11 is 0. The van der Waals surface area contributed by atoms with Gasteiger partial charge in [-0.2, -0.15) is 0 Å². The van der Waals surface area contributed by atoms with Crippen molar-refractivity contribution in [1.82, 2.24) is 4.90 Å². The molecule has 0 amide bonds. The number of carbonyl (C=O) groups excluding carboxylic acids is 1. The zero-order valence-electron chi connectivity index (χ0n) is 11.3. The summed E-state index contributed by atoms with van der Waals surface area (Å²) in [6, 6.07) is 0. The van der Waals surface area contributed by atoms with E-state index in [1.807, 2.05) is 12.2 Å². The minimum Gasteiger partial charge on any atom is -0.463 e. The molecule has 0 aliphatic heterocycles. The van der Waals surface area contributed by atoms with Crippen LogP contribution in [0.3, 0.4) is 0 Å². The normalized spacial score (nSPS) is 15.7. The lowest BCUT2D eigenvalue weighted by atomic mass is 10.0. The maximum atomic E-state index is 11.0. The standard InChI is InChI=1S/C15H21NO2/c1-4-18-15(17)8-6-5-7-13-9-11-14(12-10-13)16(2)3/h5-9,11H,4,10,12H2,1-3H3/b7-5+,8-6+. The van der Waals surface area contributed by atoms with Crippen molar-refractivity contribution in [3.8, 4) is 0 Å². The van der Waals surface area contributed by atoms with Crippen LogP contribution in [0.2, 0.25) is 0 Å². The highest BCUT2D eigenvalue weighted by molar-refractivity contribution is 5.82. The molecule has 0 aromatic rings. The molecule has 0 aromatic carbocycles. The average molecular weight is 247 g/mol. The molecule has 0 saturated heterocycles. The summed E-state index contributed by atoms with van der Waals surface area (Å²) in [6.07, 6.45) is 13.4. The first-order valence-corrected chi connectivity index (χ1v) is 6.22. The first-order valence-electron chi connectivity index (χ1n) is 6.22. The van der Waals surface area contributed by atoms with Crippen molar-refractivity contribution in [1.29, 1.82) is 0 Å². The molecule has 3 heteroatoms. The second-order valence-electron chi connectivity index (χ2n) is 4.26. The highest BCUT2D eigenvalue weighted by Gasteiger charge is 2.05. The quantitative estimate of drug-likeness (QED) is 0.425. The Bertz CT molecular complexity index is 401. The van der Waals surface area contributed by atoms with Crippen molar-refractivity contribution in [2.45, 2.75) is 19.8 Å². The fraction of sp³-hybridized carbons (Fsp3) is 0.400. The van der Waals surface area contributed by atoms with Gasteiger partial charge in [0.15, 0.2) is 0 Å². The zero-order valence-corrected chi connectivity index (χ0v) is 11.3. The molecule has 0 unspecified atom stereocenters. The lowest BCUT2D eigenvalue weighted by Gasteiger charge is -2.19. The average Bonchev–Trinajstić information content (AvgIpc) is 2.35. The third-order valence-electron chi connectivity index (χ3n) is 2.67. The minimum atomic E-state index is -0.297. The molecule has 98 valence electrons. The molecule has 1 aliphatic rings. The molecule has 0 saturated carbocycles. The molecule has 0 atom stereocenters. The molecule has 0 aromatic heterocycles. The van der Waals surface area contributed by atoms with Gasteiger partial charge in [0.25, 0.3) is 0 Å². The van der Waals surface area contributed by atoms with Crippen LogP contribution in [0.25, 0.3) is 0 Å². The van der Waals surface area contributed by atoms with E-state index in [2.05, 4.69) is 31.1 Å². The maximum absolute atomic E-state index is 11.0. The van der Waals surface area contributed by atoms with Crippen LogP contribution in [0, 0.1) is 0 Å². The summed E-state index contributed by atoms with van der Waals surface area (Å²) < 4.78 is 4.79. The molecule has 0 radical (unpaired) electrons. The highest BCUT2D eigenvalue weighted by atomic mass is 16.5. The van der Waals surface area contributed by atoms with Gasteiger partial charge in [-0.3, -0.25) is 0 Å². The number of rotatable bonds is 5. The summed E-state index contributed by atoms with van der Waals surface area (Å²) in [4.78, 5) is 13.2. The first-order chi connectivity index (χ1) is 8.63. The number of hydrogen-bond donors (Lipinski definition) is 0. The highest BCUT2D eigenvalue weighted by Crippen LogP contribution is 2.20. The van der Waals surface area contributed by atoms with Gasteiger partial charge in [-0.15, -0.1) is 0 Å². The Morgan fingerprint density at radius 1 is 1.33 bits per heavy atom. The second kappa shape index (κ2) is 7.54. The van der Waals surface area contributed by atoms with Crippen molar-refractivity contribution in [3.63, 3.8) is 0 Å². The number of allylic oxidation sites excluding steroid dienone is 7. The molecule has 0 heterocycles. The molecular weight excluding hydrogens is 226 g/mol. The van der Waals surface area contributed by atoms with Gasteiger partial charge >= 0.3 is 5.97 Å². The molecule has 18 heavy (non-hydrogen) atoms. The van der Waals surface area contributed by atoms with Crippen molar-refractivity contribution >= 4 is 5.97 Å². The van der Waals surface area contributed by atoms with Crippen LogP contribution in [0.15, 0.2) is 47.7 Å². The molecule has 0 spiro atoms. The van der Waals surface area contributed by atoms with E-state index in [0.717, 1.165) is 12.8 Å². The summed E-state index contributed by atoms with van der Waals surface area (Å²) in [5.41, 5.74) is 2.61. The summed E-state index contributed by atoms with van der Waals surface area (Å²) in [7, 11) is 4.12. The summed E-state index contributed by atoms with van der Waals surface area (Å²) in [6.45, 7) is 2.21. The maximum Gasteiger partial charge on any atom is 0.330 e. The van der Waals surface area contributed by atoms with Crippen molar-refractivity contribution in [2.24, 2.45) is 0 Å². The Labute approximate surface area is 109 Å². The van der Waals surface area contributed by atoms with E-state index in [1.54, 1.807) is 13.0 Å². The zero-order chi connectivity index (χ0) is 13.4. The largest absolute Gasteiger partial charge is 0.463 e. The Hall–Kier alpha value is -1.77. The first kappa shape index (κ1) is 14.3. The number of ether oxygens (including phenoxy) is 1. The van der Waals surface area contributed by atoms with Crippen LogP contribution in [0.5, 0.6) is 0 Å². The van der Waals surface area contributed by atoms with Gasteiger partial charge in [-0.1, -0.05) is 24.3 Å². The third-order valence-corrected chi connectivity index (χ3v) is 2.67. The smallest absolute Gasteiger partial charge is 0.330 e. The van der Waals surface area contributed by atoms with Crippen molar-refractivity contribution in [3.05, 3.63) is 47.7 Å². The van der Waals surface area contributed by atoms with Gasteiger partial charge < -0.3 is 9.64 Å². The second-order valence-corrected chi connectivity index (χ2v) is 4.26. The Morgan fingerprint density at radius 2 is 2.11 bits per heavy atom. The number of hydrogen-bond acceptors (Lipinski definition) is 3. The molecule has 3 nitrogen and oxygen atoms in total. The lowest BCUT2D eigenvalue weighted by molar-refractivity contribution is -0.137. The van der Waals surface area contributed by atoms with E-state index < -0.39 is 0 Å². The third kappa shape index (κ3) is 5.04. The molecule has 0 N–H and O–H groups in total. The van der Waals surface area contributed by atoms with Gasteiger partial charge in [0.2, 0.25) is 0 Å². The van der Waals surface area contributed by atoms with Gasteiger partial charge in [-0.05, 0) is 31.4 Å². The van der Waals surface area contributed by atoms with E-state index in [9.17, 15) is 4.79 Å². The van der Waals surface area contributed by atoms with Crippen LogP contribution in [0.1, 0.15) is 19.8 Å². The SMILES string of the molecule is CCOC(=O)/C=C/C=C/C1=CC=C(N(C)C)CC1. The number of nitrogens with zero attached hydrogens (tertiary/aromatic N) is 1. The van der Waals surface area contributed by atoms with Crippen molar-refractivity contribution in [2.75, 3.05) is 20.7 Å². The Morgan fingerprint density at radius 3 is 2.67 bits per heavy atom. The van der Waals surface area contributed by atoms with Crippen LogP contribution in [-0.4, -0.2) is 31.6 Å². The minimum absolute atomic E-state index is 0.297. The van der Waals surface area contributed by atoms with Gasteiger partial charge in [0.05, 0.1) is 6.61 Å². The topological polar surface area (TPSA) is 29.5 Å². The van der Waals surface area contributed by atoms with Crippen LogP contribution in [-0.2, 0) is 9.53 Å². The van der Waals surface area contributed by atoms with E-state index in [-0.39, 0.29) is 5.97 Å². The van der Waals surface area contributed by atoms with Gasteiger partial charge in [0, 0.05) is 25.9 Å². The van der Waals surface area contributed by atoms with Crippen LogP contribution >= 0.6 is 0 Å². The van der Waals surface area contributed by atoms with Crippen molar-refractivity contribution < 1.29 is 9.53 Å². The van der Waals surface area contributed by atoms with Gasteiger partial charge in [0.1, 0.15) is 0 Å². The Balaban J connectivity index is 2.47. The molecule has 0 fully saturated rings. The van der Waals surface area contributed by atoms with Gasteiger partial charge in [-0.25, -0.2) is 4.79 Å². The predicted molar refractivity (Wildman–Crippen MR) is 74.0 cm³/mol. The molecular formula is C15H21NO2. The molecule has 1 aliphatic carbocycles. The Kier molecular flexibility index (Phi) is 5.98. The molecule has 0 bridgehead atoms. The van der Waals surface area contributed by atoms with Crippen LogP contribution in [0.4, 0.5) is 0 Å². The lowest BCUT2D eigenvalue weighted by Crippen LogP contribution is -2.12. The van der Waals surface area contributed by atoms with E-state index in [0.29, 0.717) is 6.61 Å². The summed E-state index contributed by atoms with van der Waals surface area (Å²) in [5, 5.41) is 0. The number of esters is 1. The monoisotopic (exact) mass is 247 g/mol. The number of carbonyl (C=O) groups is 1. The summed E-state index contributed by atoms with van der Waals surface area (Å²) in [5.74, 6) is -0.297. The van der Waals surface area contributed by atoms with E-state index >= 15 is 0 Å². The fourth-order valence-corrected chi connectivity index (χ4v) is 1.66. The van der Waals surface area contributed by atoms with E-state index in [1.165, 1.54) is 17.3 Å².